The average Bonchev–Trinajstić information content (AvgIpc) is 3.74. The van der Waals surface area contributed by atoms with E-state index in [4.69, 9.17) is 23.2 Å². The molecule has 2 aromatic heterocycles. The highest BCUT2D eigenvalue weighted by Crippen LogP contribution is 2.45. The molecule has 3 atom stereocenters. The number of hydrogen-bond acceptors (Lipinski definition) is 8. The topological polar surface area (TPSA) is 151 Å². The Balaban J connectivity index is 1.43. The largest absolute Gasteiger partial charge is 0.392 e. The van der Waals surface area contributed by atoms with Gasteiger partial charge in [0, 0.05) is 47.5 Å². The van der Waals surface area contributed by atoms with Crippen molar-refractivity contribution in [1.82, 2.24) is 29.1 Å². The van der Waals surface area contributed by atoms with Crippen LogP contribution in [0, 0.1) is 0 Å². The molecule has 0 spiro atoms. The third-order valence-electron chi connectivity index (χ3n) is 8.22. The molecule has 1 saturated heterocycles. The van der Waals surface area contributed by atoms with Crippen LogP contribution < -0.4 is 10.2 Å². The highest BCUT2D eigenvalue weighted by atomic mass is 35.5. The van der Waals surface area contributed by atoms with Crippen LogP contribution in [0.25, 0.3) is 11.1 Å². The fourth-order valence-electron chi connectivity index (χ4n) is 6.05. The van der Waals surface area contributed by atoms with Gasteiger partial charge in [-0.25, -0.2) is 28.3 Å². The number of aliphatic hydroxyl groups is 1. The molecule has 46 heavy (non-hydrogen) atoms. The number of hydrogen-bond donors (Lipinski definition) is 2. The second-order valence-electron chi connectivity index (χ2n) is 11.6. The van der Waals surface area contributed by atoms with Crippen molar-refractivity contribution in [3.8, 4) is 11.1 Å². The lowest BCUT2D eigenvalue weighted by atomic mass is 9.91. The molecule has 2 aliphatic rings. The van der Waals surface area contributed by atoms with Gasteiger partial charge >= 0.3 is 0 Å². The number of carbonyl (C=O) groups is 2. The van der Waals surface area contributed by atoms with E-state index in [1.807, 2.05) is 24.3 Å². The van der Waals surface area contributed by atoms with E-state index in [2.05, 4.69) is 20.3 Å². The van der Waals surface area contributed by atoms with Crippen molar-refractivity contribution in [2.45, 2.75) is 55.8 Å². The molecule has 240 valence electrons. The third-order valence-corrected chi connectivity index (χ3v) is 10.5. The minimum atomic E-state index is -4.34. The van der Waals surface area contributed by atoms with Crippen molar-refractivity contribution in [1.29, 1.82) is 0 Å². The Bertz CT molecular complexity index is 1880. The summed E-state index contributed by atoms with van der Waals surface area (Å²) < 4.78 is 31.3. The Hall–Kier alpha value is -3.88. The monoisotopic (exact) mass is 683 g/mol. The lowest BCUT2D eigenvalue weighted by Gasteiger charge is -2.29. The molecule has 0 saturated carbocycles. The maximum Gasteiger partial charge on any atom is 0.261 e. The molecule has 6 rings (SSSR count). The smallest absolute Gasteiger partial charge is 0.261 e. The number of carbonyl (C=O) groups excluding carboxylic acids is 2. The van der Waals surface area contributed by atoms with Gasteiger partial charge in [0.05, 0.1) is 18.0 Å². The molecule has 2 aromatic carbocycles. The predicted molar refractivity (Wildman–Crippen MR) is 172 cm³/mol. The van der Waals surface area contributed by atoms with E-state index in [1.54, 1.807) is 31.5 Å². The van der Waals surface area contributed by atoms with Gasteiger partial charge in [-0.15, -0.1) is 0 Å². The van der Waals surface area contributed by atoms with Crippen LogP contribution in [0.2, 0.25) is 10.0 Å². The first kappa shape index (κ1) is 32.1. The number of nitrogens with zero attached hydrogens (tertiary/aromatic N) is 6. The average molecular weight is 685 g/mol. The molecule has 4 aromatic rings. The molecule has 4 heterocycles. The van der Waals surface area contributed by atoms with Crippen LogP contribution in [0.4, 0.5) is 11.6 Å². The summed E-state index contributed by atoms with van der Waals surface area (Å²) in [5.41, 5.74) is 1.34. The molecule has 0 bridgehead atoms. The van der Waals surface area contributed by atoms with E-state index in [1.165, 1.54) is 35.0 Å². The maximum atomic E-state index is 14.4. The summed E-state index contributed by atoms with van der Waals surface area (Å²) in [5, 5.41) is 12.6. The summed E-state index contributed by atoms with van der Waals surface area (Å²) in [6.45, 7) is 3.30. The summed E-state index contributed by atoms with van der Waals surface area (Å²) >= 11 is 12.6. The van der Waals surface area contributed by atoms with Gasteiger partial charge in [-0.05, 0) is 56.0 Å². The van der Waals surface area contributed by atoms with Crippen LogP contribution in [0.5, 0.6) is 0 Å². The standard InChI is InChI=1S/C31H31Cl2N7O5S/c1-19(41)14-36-28(42)26-4-3-9-38(26)46(44,45)27-17-37-30-39(25-11-23(32)10-24(33)12-25)29(43)31(2,40(27)30)13-20-5-7-21(8-6-20)22-15-34-18-35-16-22/h5-8,10-12,15-19,26,41H,3-4,9,13-14H2,1-2H3,(H,36,42)/t19-,26+,31+/m0/s1. The third kappa shape index (κ3) is 5.77. The number of sulfonamides is 1. The van der Waals surface area contributed by atoms with Gasteiger partial charge in [0.2, 0.25) is 11.9 Å². The zero-order valence-corrected chi connectivity index (χ0v) is 27.3. The number of aromatic nitrogens is 4. The fraction of sp³-hybridized carbons (Fsp3) is 0.323. The lowest BCUT2D eigenvalue weighted by molar-refractivity contribution is -0.125. The normalized spacial score (nSPS) is 20.6. The van der Waals surface area contributed by atoms with E-state index in [9.17, 15) is 23.1 Å². The number of benzene rings is 2. The Morgan fingerprint density at radius 1 is 1.09 bits per heavy atom. The molecular formula is C31H31Cl2N7O5S. The van der Waals surface area contributed by atoms with Crippen LogP contribution in [-0.4, -0.2) is 74.4 Å². The molecule has 0 unspecified atom stereocenters. The second kappa shape index (κ2) is 12.4. The Kier molecular flexibility index (Phi) is 8.63. The van der Waals surface area contributed by atoms with Crippen LogP contribution in [0.3, 0.4) is 0 Å². The van der Waals surface area contributed by atoms with Gasteiger partial charge in [0.25, 0.3) is 15.9 Å². The Morgan fingerprint density at radius 3 is 2.41 bits per heavy atom. The van der Waals surface area contributed by atoms with Crippen LogP contribution in [0.1, 0.15) is 32.3 Å². The molecule has 0 radical (unpaired) electrons. The zero-order valence-electron chi connectivity index (χ0n) is 25.0. The SMILES string of the molecule is C[C@H](O)CNC(=O)[C@H]1CCCN1S(=O)(=O)c1cnc2n1[C@](C)(Cc1ccc(-c3cncnc3)cc1)C(=O)N2c1cc(Cl)cc(Cl)c1. The van der Waals surface area contributed by atoms with Crippen LogP contribution in [0.15, 0.2) is 72.4 Å². The molecule has 2 amide bonds. The number of fused-ring (bicyclic) bond motifs is 1. The van der Waals surface area contributed by atoms with Crippen molar-refractivity contribution < 1.29 is 23.1 Å². The van der Waals surface area contributed by atoms with Crippen LogP contribution in [-0.2, 0) is 31.6 Å². The van der Waals surface area contributed by atoms with Crippen LogP contribution >= 0.6 is 23.2 Å². The van der Waals surface area contributed by atoms with Crippen molar-refractivity contribution >= 4 is 56.7 Å². The van der Waals surface area contributed by atoms with Gasteiger partial charge in [0.15, 0.2) is 5.03 Å². The second-order valence-corrected chi connectivity index (χ2v) is 14.4. The Labute approximate surface area is 276 Å². The van der Waals surface area contributed by atoms with Crippen molar-refractivity contribution in [2.75, 3.05) is 18.0 Å². The number of anilines is 2. The number of aliphatic hydroxyl groups excluding tert-OH is 1. The number of halogens is 2. The maximum absolute atomic E-state index is 14.4. The molecule has 15 heteroatoms. The minimum Gasteiger partial charge on any atom is -0.392 e. The summed E-state index contributed by atoms with van der Waals surface area (Å²) in [4.78, 5) is 41.4. The van der Waals surface area contributed by atoms with Crippen molar-refractivity contribution in [2.24, 2.45) is 0 Å². The molecular weight excluding hydrogens is 653 g/mol. The van der Waals surface area contributed by atoms with E-state index in [0.717, 1.165) is 21.0 Å². The lowest BCUT2D eigenvalue weighted by Crippen LogP contribution is -2.48. The predicted octanol–water partition coefficient (Wildman–Crippen LogP) is 3.93. The number of imidazole rings is 1. The molecule has 1 fully saturated rings. The highest BCUT2D eigenvalue weighted by molar-refractivity contribution is 7.89. The Morgan fingerprint density at radius 2 is 1.76 bits per heavy atom. The van der Waals surface area contributed by atoms with E-state index >= 15 is 0 Å². The van der Waals surface area contributed by atoms with E-state index < -0.39 is 39.5 Å². The van der Waals surface area contributed by atoms with Gasteiger partial charge in [-0.2, -0.15) is 4.31 Å². The van der Waals surface area contributed by atoms with Gasteiger partial charge in [-0.1, -0.05) is 47.5 Å². The van der Waals surface area contributed by atoms with Crippen molar-refractivity contribution in [3.05, 3.63) is 83.0 Å². The molecule has 2 N–H and O–H groups in total. The molecule has 12 nitrogen and oxygen atoms in total. The van der Waals surface area contributed by atoms with E-state index in [-0.39, 0.29) is 30.5 Å². The van der Waals surface area contributed by atoms with Gasteiger partial charge in [0.1, 0.15) is 17.9 Å². The highest BCUT2D eigenvalue weighted by Gasteiger charge is 2.53. The number of amides is 2. The number of rotatable bonds is 9. The quantitative estimate of drug-likeness (QED) is 0.269. The van der Waals surface area contributed by atoms with Crippen molar-refractivity contribution in [3.63, 3.8) is 0 Å². The summed E-state index contributed by atoms with van der Waals surface area (Å²) in [6, 6.07) is 11.2. The summed E-state index contributed by atoms with van der Waals surface area (Å²) in [5.74, 6) is -0.851. The van der Waals surface area contributed by atoms with Gasteiger partial charge in [-0.3, -0.25) is 14.2 Å². The first-order chi connectivity index (χ1) is 21.9. The fourth-order valence-corrected chi connectivity index (χ4v) is 8.41. The first-order valence-electron chi connectivity index (χ1n) is 14.6. The summed E-state index contributed by atoms with van der Waals surface area (Å²) in [7, 11) is -4.34. The van der Waals surface area contributed by atoms with E-state index in [0.29, 0.717) is 28.6 Å². The number of nitrogens with one attached hydrogen (secondary N) is 1. The molecule has 0 aliphatic carbocycles. The molecule has 2 aliphatic heterocycles. The first-order valence-corrected chi connectivity index (χ1v) is 16.8. The zero-order chi connectivity index (χ0) is 32.8. The van der Waals surface area contributed by atoms with Gasteiger partial charge < -0.3 is 10.4 Å². The minimum absolute atomic E-state index is 0.00881. The summed E-state index contributed by atoms with van der Waals surface area (Å²) in [6.07, 6.45) is 6.17.